The minimum Gasteiger partial charge on any atom is -0.377 e. The fourth-order valence-corrected chi connectivity index (χ4v) is 2.33. The summed E-state index contributed by atoms with van der Waals surface area (Å²) in [5.41, 5.74) is 0. The van der Waals surface area contributed by atoms with Crippen LogP contribution in [0.5, 0.6) is 0 Å². The number of thiophene rings is 1. The molecule has 1 N–H and O–H groups in total. The SMILES string of the molecule is CCC(CNCC(C)C)OCCc1cccs1. The third kappa shape index (κ3) is 6.81. The molecule has 1 aromatic heterocycles. The summed E-state index contributed by atoms with van der Waals surface area (Å²) in [5.74, 6) is 0.707. The summed E-state index contributed by atoms with van der Waals surface area (Å²) in [6.45, 7) is 9.52. The van der Waals surface area contributed by atoms with E-state index in [1.54, 1.807) is 0 Å². The van der Waals surface area contributed by atoms with E-state index >= 15 is 0 Å². The van der Waals surface area contributed by atoms with Gasteiger partial charge in [-0.05, 0) is 30.3 Å². The minimum absolute atomic E-state index is 0.355. The highest BCUT2D eigenvalue weighted by Crippen LogP contribution is 2.09. The average Bonchev–Trinajstić information content (AvgIpc) is 2.79. The minimum atomic E-state index is 0.355. The van der Waals surface area contributed by atoms with E-state index in [0.29, 0.717) is 12.0 Å². The van der Waals surface area contributed by atoms with Crippen LogP contribution in [0.1, 0.15) is 32.1 Å². The van der Waals surface area contributed by atoms with Crippen LogP contribution in [0.3, 0.4) is 0 Å². The first-order valence-electron chi connectivity index (χ1n) is 6.57. The standard InChI is InChI=1S/C14H25NOS/c1-4-13(11-15-10-12(2)3)16-8-7-14-6-5-9-17-14/h5-6,9,12-13,15H,4,7-8,10-11H2,1-3H3. The lowest BCUT2D eigenvalue weighted by Gasteiger charge is -2.17. The Morgan fingerprint density at radius 3 is 2.76 bits per heavy atom. The van der Waals surface area contributed by atoms with Crippen LogP contribution >= 0.6 is 11.3 Å². The van der Waals surface area contributed by atoms with Crippen molar-refractivity contribution in [2.75, 3.05) is 19.7 Å². The largest absolute Gasteiger partial charge is 0.377 e. The number of hydrogen-bond donors (Lipinski definition) is 1. The first-order chi connectivity index (χ1) is 8.22. The van der Waals surface area contributed by atoms with Crippen LogP contribution in [0.15, 0.2) is 17.5 Å². The summed E-state index contributed by atoms with van der Waals surface area (Å²) >= 11 is 1.81. The van der Waals surface area contributed by atoms with Gasteiger partial charge in [-0.1, -0.05) is 26.8 Å². The lowest BCUT2D eigenvalue weighted by Crippen LogP contribution is -2.31. The van der Waals surface area contributed by atoms with Crippen molar-refractivity contribution in [2.24, 2.45) is 5.92 Å². The van der Waals surface area contributed by atoms with Crippen LogP contribution in [0.4, 0.5) is 0 Å². The number of rotatable bonds is 9. The van der Waals surface area contributed by atoms with E-state index in [9.17, 15) is 0 Å². The summed E-state index contributed by atoms with van der Waals surface area (Å²) < 4.78 is 5.89. The molecule has 0 aliphatic rings. The molecule has 0 aromatic carbocycles. The van der Waals surface area contributed by atoms with E-state index in [1.165, 1.54) is 4.88 Å². The van der Waals surface area contributed by atoms with Gasteiger partial charge in [0.25, 0.3) is 0 Å². The van der Waals surface area contributed by atoms with E-state index < -0.39 is 0 Å². The predicted molar refractivity (Wildman–Crippen MR) is 75.8 cm³/mol. The smallest absolute Gasteiger partial charge is 0.0697 e. The molecule has 0 saturated heterocycles. The molecule has 0 saturated carbocycles. The van der Waals surface area contributed by atoms with Crippen molar-refractivity contribution in [3.8, 4) is 0 Å². The molecule has 2 nitrogen and oxygen atoms in total. The Morgan fingerprint density at radius 1 is 1.35 bits per heavy atom. The zero-order valence-corrected chi connectivity index (χ0v) is 12.1. The molecule has 1 rings (SSSR count). The topological polar surface area (TPSA) is 21.3 Å². The van der Waals surface area contributed by atoms with Gasteiger partial charge in [0, 0.05) is 17.8 Å². The van der Waals surface area contributed by atoms with E-state index in [0.717, 1.165) is 32.5 Å². The summed E-state index contributed by atoms with van der Waals surface area (Å²) in [6, 6.07) is 4.27. The third-order valence-electron chi connectivity index (χ3n) is 2.66. The van der Waals surface area contributed by atoms with Gasteiger partial charge in [0.1, 0.15) is 0 Å². The molecule has 1 aromatic rings. The Hall–Kier alpha value is -0.380. The highest BCUT2D eigenvalue weighted by Gasteiger charge is 2.06. The molecule has 17 heavy (non-hydrogen) atoms. The first kappa shape index (κ1) is 14.7. The molecular weight excluding hydrogens is 230 g/mol. The second-order valence-electron chi connectivity index (χ2n) is 4.78. The van der Waals surface area contributed by atoms with Gasteiger partial charge in [-0.2, -0.15) is 0 Å². The van der Waals surface area contributed by atoms with Crippen LogP contribution in [0.2, 0.25) is 0 Å². The van der Waals surface area contributed by atoms with Crippen molar-refractivity contribution >= 4 is 11.3 Å². The first-order valence-corrected chi connectivity index (χ1v) is 7.45. The molecule has 1 heterocycles. The van der Waals surface area contributed by atoms with E-state index in [4.69, 9.17) is 4.74 Å². The molecule has 1 unspecified atom stereocenters. The molecule has 0 fully saturated rings. The summed E-state index contributed by atoms with van der Waals surface area (Å²) in [5, 5.41) is 5.58. The lowest BCUT2D eigenvalue weighted by atomic mass is 10.2. The molecule has 0 amide bonds. The molecule has 0 aliphatic heterocycles. The highest BCUT2D eigenvalue weighted by atomic mass is 32.1. The van der Waals surface area contributed by atoms with E-state index in [1.807, 2.05) is 11.3 Å². The summed E-state index contributed by atoms with van der Waals surface area (Å²) in [6.07, 6.45) is 2.47. The third-order valence-corrected chi connectivity index (χ3v) is 3.60. The quantitative estimate of drug-likeness (QED) is 0.731. The molecule has 0 bridgehead atoms. The van der Waals surface area contributed by atoms with Gasteiger partial charge in [0.05, 0.1) is 12.7 Å². The van der Waals surface area contributed by atoms with Gasteiger partial charge in [-0.15, -0.1) is 11.3 Å². The fraction of sp³-hybridized carbons (Fsp3) is 0.714. The van der Waals surface area contributed by atoms with Gasteiger partial charge >= 0.3 is 0 Å². The van der Waals surface area contributed by atoms with Crippen LogP contribution in [-0.4, -0.2) is 25.8 Å². The Morgan fingerprint density at radius 2 is 2.18 bits per heavy atom. The van der Waals surface area contributed by atoms with Gasteiger partial charge in [-0.25, -0.2) is 0 Å². The Labute approximate surface area is 109 Å². The van der Waals surface area contributed by atoms with Crippen LogP contribution in [0, 0.1) is 5.92 Å². The monoisotopic (exact) mass is 255 g/mol. The predicted octanol–water partition coefficient (Wildman–Crippen LogP) is 3.33. The summed E-state index contributed by atoms with van der Waals surface area (Å²) in [7, 11) is 0. The maximum atomic E-state index is 5.89. The Balaban J connectivity index is 2.09. The van der Waals surface area contributed by atoms with Crippen molar-refractivity contribution in [3.63, 3.8) is 0 Å². The van der Waals surface area contributed by atoms with Crippen molar-refractivity contribution in [2.45, 2.75) is 39.7 Å². The van der Waals surface area contributed by atoms with Gasteiger partial charge in [-0.3, -0.25) is 0 Å². The van der Waals surface area contributed by atoms with Crippen LogP contribution < -0.4 is 5.32 Å². The van der Waals surface area contributed by atoms with E-state index in [-0.39, 0.29) is 0 Å². The summed E-state index contributed by atoms with van der Waals surface area (Å²) in [4.78, 5) is 1.41. The fourth-order valence-electron chi connectivity index (χ4n) is 1.64. The van der Waals surface area contributed by atoms with Crippen molar-refractivity contribution in [3.05, 3.63) is 22.4 Å². The van der Waals surface area contributed by atoms with Crippen molar-refractivity contribution < 1.29 is 4.74 Å². The number of hydrogen-bond acceptors (Lipinski definition) is 3. The van der Waals surface area contributed by atoms with Crippen LogP contribution in [-0.2, 0) is 11.2 Å². The molecule has 0 spiro atoms. The van der Waals surface area contributed by atoms with Gasteiger partial charge in [0.15, 0.2) is 0 Å². The van der Waals surface area contributed by atoms with E-state index in [2.05, 4.69) is 43.6 Å². The second kappa shape index (κ2) is 8.67. The lowest BCUT2D eigenvalue weighted by molar-refractivity contribution is 0.0528. The van der Waals surface area contributed by atoms with Crippen LogP contribution in [0.25, 0.3) is 0 Å². The highest BCUT2D eigenvalue weighted by molar-refractivity contribution is 7.09. The molecule has 1 atom stereocenters. The van der Waals surface area contributed by atoms with Gasteiger partial charge in [0.2, 0.25) is 0 Å². The molecular formula is C14H25NOS. The molecule has 98 valence electrons. The van der Waals surface area contributed by atoms with Crippen molar-refractivity contribution in [1.29, 1.82) is 0 Å². The molecule has 0 aliphatic carbocycles. The Bertz CT molecular complexity index is 272. The zero-order valence-electron chi connectivity index (χ0n) is 11.2. The molecule has 3 heteroatoms. The Kier molecular flexibility index (Phi) is 7.49. The normalized spacial score (nSPS) is 13.2. The maximum Gasteiger partial charge on any atom is 0.0697 e. The zero-order chi connectivity index (χ0) is 12.5. The average molecular weight is 255 g/mol. The number of nitrogens with one attached hydrogen (secondary N) is 1. The van der Waals surface area contributed by atoms with Crippen molar-refractivity contribution in [1.82, 2.24) is 5.32 Å². The van der Waals surface area contributed by atoms with Gasteiger partial charge < -0.3 is 10.1 Å². The second-order valence-corrected chi connectivity index (χ2v) is 5.81. The maximum absolute atomic E-state index is 5.89. The molecule has 0 radical (unpaired) electrons. The number of ether oxygens (including phenoxy) is 1.